The van der Waals surface area contributed by atoms with Gasteiger partial charge in [0.1, 0.15) is 0 Å². The van der Waals surface area contributed by atoms with Gasteiger partial charge in [-0.3, -0.25) is 0 Å². The standard InChI is InChI=1S/C9H20N2O/c1-12-5-4-9(10)7-11-6-8-2-3-8/h8-9,11H,2-7,10H2,1H3. The Bertz CT molecular complexity index is 115. The topological polar surface area (TPSA) is 47.3 Å². The fourth-order valence-corrected chi connectivity index (χ4v) is 1.17. The summed E-state index contributed by atoms with van der Waals surface area (Å²) in [6, 6.07) is 0.253. The fourth-order valence-electron chi connectivity index (χ4n) is 1.17. The summed E-state index contributed by atoms with van der Waals surface area (Å²) >= 11 is 0. The molecule has 72 valence electrons. The highest BCUT2D eigenvalue weighted by molar-refractivity contribution is 4.76. The molecular weight excluding hydrogens is 152 g/mol. The number of nitrogens with two attached hydrogens (primary N) is 1. The maximum absolute atomic E-state index is 5.82. The van der Waals surface area contributed by atoms with Gasteiger partial charge in [0.25, 0.3) is 0 Å². The van der Waals surface area contributed by atoms with Crippen LogP contribution in [-0.4, -0.2) is 32.8 Å². The minimum atomic E-state index is 0.253. The van der Waals surface area contributed by atoms with Crippen LogP contribution in [0.2, 0.25) is 0 Å². The Morgan fingerprint density at radius 3 is 2.92 bits per heavy atom. The first kappa shape index (κ1) is 9.96. The molecule has 0 aromatic carbocycles. The van der Waals surface area contributed by atoms with E-state index >= 15 is 0 Å². The van der Waals surface area contributed by atoms with Gasteiger partial charge in [-0.1, -0.05) is 0 Å². The summed E-state index contributed by atoms with van der Waals surface area (Å²) in [4.78, 5) is 0. The van der Waals surface area contributed by atoms with Gasteiger partial charge in [-0.05, 0) is 31.7 Å². The molecule has 1 aliphatic rings. The first-order chi connectivity index (χ1) is 5.83. The molecule has 0 spiro atoms. The monoisotopic (exact) mass is 172 g/mol. The van der Waals surface area contributed by atoms with Crippen LogP contribution in [0.3, 0.4) is 0 Å². The summed E-state index contributed by atoms with van der Waals surface area (Å²) < 4.78 is 4.94. The molecule has 0 bridgehead atoms. The van der Waals surface area contributed by atoms with Gasteiger partial charge < -0.3 is 15.8 Å². The molecule has 0 aromatic heterocycles. The lowest BCUT2D eigenvalue weighted by Crippen LogP contribution is -2.35. The first-order valence-electron chi connectivity index (χ1n) is 4.78. The minimum Gasteiger partial charge on any atom is -0.385 e. The molecule has 3 N–H and O–H groups in total. The zero-order chi connectivity index (χ0) is 8.81. The second-order valence-electron chi connectivity index (χ2n) is 3.64. The lowest BCUT2D eigenvalue weighted by Gasteiger charge is -2.11. The molecule has 3 nitrogen and oxygen atoms in total. The van der Waals surface area contributed by atoms with Crippen molar-refractivity contribution in [1.82, 2.24) is 5.32 Å². The Balaban J connectivity index is 1.83. The van der Waals surface area contributed by atoms with E-state index in [1.165, 1.54) is 12.8 Å². The third kappa shape index (κ3) is 4.70. The number of hydrogen-bond donors (Lipinski definition) is 2. The van der Waals surface area contributed by atoms with Gasteiger partial charge in [0, 0.05) is 26.3 Å². The average molecular weight is 172 g/mol. The molecule has 1 saturated carbocycles. The molecule has 0 saturated heterocycles. The lowest BCUT2D eigenvalue weighted by atomic mass is 10.2. The number of nitrogens with one attached hydrogen (secondary N) is 1. The van der Waals surface area contributed by atoms with Crippen LogP contribution < -0.4 is 11.1 Å². The van der Waals surface area contributed by atoms with Gasteiger partial charge >= 0.3 is 0 Å². The Labute approximate surface area is 74.7 Å². The predicted octanol–water partition coefficient (Wildman–Crippen LogP) is 0.350. The molecule has 0 aliphatic heterocycles. The molecule has 1 atom stereocenters. The van der Waals surface area contributed by atoms with Crippen LogP contribution in [-0.2, 0) is 4.74 Å². The number of rotatable bonds is 7. The van der Waals surface area contributed by atoms with Crippen molar-refractivity contribution >= 4 is 0 Å². The summed E-state index contributed by atoms with van der Waals surface area (Å²) in [6.45, 7) is 2.85. The van der Waals surface area contributed by atoms with E-state index < -0.39 is 0 Å². The molecule has 0 heterocycles. The normalized spacial score (nSPS) is 19.5. The van der Waals surface area contributed by atoms with Crippen molar-refractivity contribution in [3.8, 4) is 0 Å². The van der Waals surface area contributed by atoms with Gasteiger partial charge in [0.15, 0.2) is 0 Å². The molecule has 1 aliphatic carbocycles. The van der Waals surface area contributed by atoms with E-state index in [0.717, 1.165) is 32.0 Å². The quantitative estimate of drug-likeness (QED) is 0.582. The molecule has 1 rings (SSSR count). The largest absolute Gasteiger partial charge is 0.385 e. The Morgan fingerprint density at radius 1 is 1.58 bits per heavy atom. The SMILES string of the molecule is COCCC(N)CNCC1CC1. The van der Waals surface area contributed by atoms with E-state index in [0.29, 0.717) is 0 Å². The van der Waals surface area contributed by atoms with Gasteiger partial charge in [-0.2, -0.15) is 0 Å². The third-order valence-electron chi connectivity index (χ3n) is 2.23. The molecule has 0 radical (unpaired) electrons. The first-order valence-corrected chi connectivity index (χ1v) is 4.78. The number of methoxy groups -OCH3 is 1. The van der Waals surface area contributed by atoms with Crippen molar-refractivity contribution in [2.75, 3.05) is 26.8 Å². The Morgan fingerprint density at radius 2 is 2.33 bits per heavy atom. The molecule has 12 heavy (non-hydrogen) atoms. The summed E-state index contributed by atoms with van der Waals surface area (Å²) in [5.74, 6) is 0.944. The zero-order valence-electron chi connectivity index (χ0n) is 7.88. The van der Waals surface area contributed by atoms with Crippen LogP contribution >= 0.6 is 0 Å². The molecule has 1 fully saturated rings. The van der Waals surface area contributed by atoms with Gasteiger partial charge in [0.05, 0.1) is 0 Å². The van der Waals surface area contributed by atoms with Crippen LogP contribution in [0, 0.1) is 5.92 Å². The second kappa shape index (κ2) is 5.51. The van der Waals surface area contributed by atoms with Crippen LogP contribution in [0.15, 0.2) is 0 Å². The molecule has 0 aromatic rings. The van der Waals surface area contributed by atoms with E-state index in [-0.39, 0.29) is 6.04 Å². The van der Waals surface area contributed by atoms with E-state index in [1.54, 1.807) is 7.11 Å². The van der Waals surface area contributed by atoms with Gasteiger partial charge in [-0.15, -0.1) is 0 Å². The maximum atomic E-state index is 5.82. The van der Waals surface area contributed by atoms with Crippen molar-refractivity contribution in [2.24, 2.45) is 11.7 Å². The van der Waals surface area contributed by atoms with Crippen molar-refractivity contribution < 1.29 is 4.74 Å². The van der Waals surface area contributed by atoms with Gasteiger partial charge in [-0.25, -0.2) is 0 Å². The van der Waals surface area contributed by atoms with Gasteiger partial charge in [0.2, 0.25) is 0 Å². The van der Waals surface area contributed by atoms with Crippen LogP contribution in [0.1, 0.15) is 19.3 Å². The van der Waals surface area contributed by atoms with E-state index in [9.17, 15) is 0 Å². The van der Waals surface area contributed by atoms with Crippen molar-refractivity contribution in [3.05, 3.63) is 0 Å². The van der Waals surface area contributed by atoms with E-state index in [4.69, 9.17) is 10.5 Å². The summed E-state index contributed by atoms with van der Waals surface area (Å²) in [5.41, 5.74) is 5.82. The van der Waals surface area contributed by atoms with E-state index in [2.05, 4.69) is 5.32 Å². The predicted molar refractivity (Wildman–Crippen MR) is 50.1 cm³/mol. The summed E-state index contributed by atoms with van der Waals surface area (Å²) in [5, 5.41) is 3.38. The highest BCUT2D eigenvalue weighted by atomic mass is 16.5. The van der Waals surface area contributed by atoms with Crippen LogP contribution in [0.5, 0.6) is 0 Å². The third-order valence-corrected chi connectivity index (χ3v) is 2.23. The van der Waals surface area contributed by atoms with Crippen molar-refractivity contribution in [2.45, 2.75) is 25.3 Å². The summed E-state index contributed by atoms with van der Waals surface area (Å²) in [6.07, 6.45) is 3.76. The minimum absolute atomic E-state index is 0.253. The summed E-state index contributed by atoms with van der Waals surface area (Å²) in [7, 11) is 1.71. The van der Waals surface area contributed by atoms with Crippen LogP contribution in [0.4, 0.5) is 0 Å². The van der Waals surface area contributed by atoms with Crippen molar-refractivity contribution in [1.29, 1.82) is 0 Å². The molecule has 3 heteroatoms. The van der Waals surface area contributed by atoms with Crippen LogP contribution in [0.25, 0.3) is 0 Å². The highest BCUT2D eigenvalue weighted by Gasteiger charge is 2.20. The number of hydrogen-bond acceptors (Lipinski definition) is 3. The number of ether oxygens (including phenoxy) is 1. The molecular formula is C9H20N2O. The molecule has 0 amide bonds. The van der Waals surface area contributed by atoms with E-state index in [1.807, 2.05) is 0 Å². The Hall–Kier alpha value is -0.120. The lowest BCUT2D eigenvalue weighted by molar-refractivity contribution is 0.187. The smallest absolute Gasteiger partial charge is 0.0477 e. The Kier molecular flexibility index (Phi) is 4.58. The maximum Gasteiger partial charge on any atom is 0.0477 e. The fraction of sp³-hybridized carbons (Fsp3) is 1.00. The second-order valence-corrected chi connectivity index (χ2v) is 3.64. The zero-order valence-corrected chi connectivity index (χ0v) is 7.88. The molecule has 1 unspecified atom stereocenters. The average Bonchev–Trinajstić information content (AvgIpc) is 2.84. The van der Waals surface area contributed by atoms with Crippen molar-refractivity contribution in [3.63, 3.8) is 0 Å². The highest BCUT2D eigenvalue weighted by Crippen LogP contribution is 2.27.